The maximum atomic E-state index is 10.1. The van der Waals surface area contributed by atoms with Crippen LogP contribution < -0.4 is 0 Å². The Bertz CT molecular complexity index is 438. The van der Waals surface area contributed by atoms with E-state index in [1.165, 1.54) is 44.8 Å². The van der Waals surface area contributed by atoms with Crippen molar-refractivity contribution in [2.45, 2.75) is 79.5 Å². The minimum absolute atomic E-state index is 0.216. The molecule has 143 valence electrons. The van der Waals surface area contributed by atoms with Gasteiger partial charge in [0.25, 0.3) is 0 Å². The molecule has 0 aliphatic rings. The molecule has 0 aliphatic heterocycles. The summed E-state index contributed by atoms with van der Waals surface area (Å²) in [7, 11) is 0. The van der Waals surface area contributed by atoms with Crippen LogP contribution >= 0.6 is 0 Å². The first-order valence-corrected chi connectivity index (χ1v) is 15.7. The minimum atomic E-state index is -0.944. The van der Waals surface area contributed by atoms with Crippen molar-refractivity contribution in [1.82, 2.24) is 0 Å². The second-order valence-electron chi connectivity index (χ2n) is 6.33. The molecule has 1 radical (unpaired) electrons. The SMILES string of the molecule is CC(=NCC(=O)O)c1ccco1.CCC[CH2][Sn]([CH2]CCC)[CH2]CCC. The van der Waals surface area contributed by atoms with Crippen molar-refractivity contribution in [2.24, 2.45) is 4.99 Å². The van der Waals surface area contributed by atoms with Gasteiger partial charge in [0, 0.05) is 0 Å². The van der Waals surface area contributed by atoms with Crippen LogP contribution in [0.4, 0.5) is 0 Å². The summed E-state index contributed by atoms with van der Waals surface area (Å²) in [5.74, 6) is -0.336. The molecule has 1 N–H and O–H groups in total. The predicted octanol–water partition coefficient (Wildman–Crippen LogP) is 6.05. The van der Waals surface area contributed by atoms with Gasteiger partial charge in [0.1, 0.15) is 12.3 Å². The van der Waals surface area contributed by atoms with E-state index >= 15 is 0 Å². The van der Waals surface area contributed by atoms with Gasteiger partial charge in [-0.3, -0.25) is 9.79 Å². The maximum absolute atomic E-state index is 10.1. The average molecular weight is 457 g/mol. The fourth-order valence-electron chi connectivity index (χ4n) is 2.40. The topological polar surface area (TPSA) is 62.8 Å². The zero-order chi connectivity index (χ0) is 18.9. The summed E-state index contributed by atoms with van der Waals surface area (Å²) in [4.78, 5) is 13.9. The van der Waals surface area contributed by atoms with Crippen molar-refractivity contribution >= 4 is 31.4 Å². The summed E-state index contributed by atoms with van der Waals surface area (Å²) in [5, 5.41) is 8.32. The molecule has 1 rings (SSSR count). The quantitative estimate of drug-likeness (QED) is 0.307. The molecule has 0 fully saturated rings. The molecular formula is C20H36NO3Sn. The van der Waals surface area contributed by atoms with E-state index in [0.717, 1.165) is 0 Å². The molecule has 1 aromatic heterocycles. The Labute approximate surface area is 160 Å². The van der Waals surface area contributed by atoms with Crippen molar-refractivity contribution in [3.63, 3.8) is 0 Å². The van der Waals surface area contributed by atoms with Crippen LogP contribution in [0.25, 0.3) is 0 Å². The molecule has 1 heterocycles. The summed E-state index contributed by atoms with van der Waals surface area (Å²) in [6.07, 6.45) is 10.4. The van der Waals surface area contributed by atoms with Crippen LogP contribution in [0.3, 0.4) is 0 Å². The Kier molecular flexibility index (Phi) is 16.2. The fourth-order valence-corrected chi connectivity index (χ4v) is 11.9. The second kappa shape index (κ2) is 16.7. The van der Waals surface area contributed by atoms with Crippen LogP contribution in [0.5, 0.6) is 0 Å². The Morgan fingerprint density at radius 3 is 1.96 bits per heavy atom. The van der Waals surface area contributed by atoms with E-state index in [-0.39, 0.29) is 6.54 Å². The first-order chi connectivity index (χ1) is 12.0. The van der Waals surface area contributed by atoms with Crippen molar-refractivity contribution in [1.29, 1.82) is 0 Å². The molecule has 0 atom stereocenters. The molecular weight excluding hydrogens is 421 g/mol. The first-order valence-electron chi connectivity index (χ1n) is 9.65. The van der Waals surface area contributed by atoms with E-state index in [9.17, 15) is 4.79 Å². The van der Waals surface area contributed by atoms with E-state index in [0.29, 0.717) is 11.5 Å². The molecule has 0 saturated carbocycles. The van der Waals surface area contributed by atoms with Crippen molar-refractivity contribution in [3.05, 3.63) is 24.2 Å². The summed E-state index contributed by atoms with van der Waals surface area (Å²) in [6.45, 7) is 8.50. The number of hydrogen-bond acceptors (Lipinski definition) is 3. The van der Waals surface area contributed by atoms with Crippen molar-refractivity contribution in [3.8, 4) is 0 Å². The molecule has 0 unspecified atom stereocenters. The summed E-state index contributed by atoms with van der Waals surface area (Å²) in [5.41, 5.74) is 0.599. The van der Waals surface area contributed by atoms with Crippen LogP contribution in [0.2, 0.25) is 13.3 Å². The number of furan rings is 1. The summed E-state index contributed by atoms with van der Waals surface area (Å²) in [6, 6.07) is 3.47. The van der Waals surface area contributed by atoms with E-state index in [1.807, 2.05) is 0 Å². The number of unbranched alkanes of at least 4 members (excludes halogenated alkanes) is 3. The Balaban J connectivity index is 0.000000462. The third-order valence-corrected chi connectivity index (χ3v) is 13.1. The molecule has 1 aromatic rings. The first kappa shape index (κ1) is 24.2. The van der Waals surface area contributed by atoms with Crippen LogP contribution in [-0.4, -0.2) is 43.1 Å². The molecule has 0 spiro atoms. The van der Waals surface area contributed by atoms with E-state index in [1.54, 1.807) is 32.4 Å². The van der Waals surface area contributed by atoms with Gasteiger partial charge >= 0.3 is 98.3 Å². The van der Waals surface area contributed by atoms with Gasteiger partial charge in [-0.15, -0.1) is 0 Å². The van der Waals surface area contributed by atoms with E-state index in [4.69, 9.17) is 9.52 Å². The van der Waals surface area contributed by atoms with Gasteiger partial charge in [0.15, 0.2) is 0 Å². The molecule has 0 aromatic carbocycles. The third-order valence-electron chi connectivity index (χ3n) is 3.98. The third kappa shape index (κ3) is 14.1. The molecule has 4 nitrogen and oxygen atoms in total. The Morgan fingerprint density at radius 2 is 1.60 bits per heavy atom. The predicted molar refractivity (Wildman–Crippen MR) is 108 cm³/mol. The number of carboxylic acid groups (broad SMARTS) is 1. The number of aliphatic imine (C=N–C) groups is 1. The summed E-state index contributed by atoms with van der Waals surface area (Å²) >= 11 is -0.839. The average Bonchev–Trinajstić information content (AvgIpc) is 3.14. The fraction of sp³-hybridized carbons (Fsp3) is 0.700. The van der Waals surface area contributed by atoms with Gasteiger partial charge in [0.05, 0.1) is 12.0 Å². The monoisotopic (exact) mass is 458 g/mol. The second-order valence-corrected chi connectivity index (χ2v) is 14.9. The number of nitrogens with zero attached hydrogens (tertiary/aromatic N) is 1. The number of hydrogen-bond donors (Lipinski definition) is 1. The number of rotatable bonds is 12. The number of carbonyl (C=O) groups is 1. The normalized spacial score (nSPS) is 11.3. The van der Waals surface area contributed by atoms with Gasteiger partial charge in [-0.2, -0.15) is 0 Å². The van der Waals surface area contributed by atoms with Crippen molar-refractivity contribution < 1.29 is 14.3 Å². The molecule has 0 aliphatic carbocycles. The van der Waals surface area contributed by atoms with Gasteiger partial charge in [-0.25, -0.2) is 0 Å². The zero-order valence-corrected chi connectivity index (χ0v) is 19.4. The molecule has 0 amide bonds. The standard InChI is InChI=1S/C8H9NO3.3C4H9.Sn/c1-6(9-5-8(10)11)7-3-2-4-12-7;3*1-3-4-2;/h2-4H,5H2,1H3,(H,10,11);3*1,3-4H2,2H3;. The van der Waals surface area contributed by atoms with Crippen LogP contribution in [0.15, 0.2) is 27.8 Å². The summed E-state index contributed by atoms with van der Waals surface area (Å²) < 4.78 is 10.0. The number of carboxylic acids is 1. The molecule has 25 heavy (non-hydrogen) atoms. The van der Waals surface area contributed by atoms with Gasteiger partial charge < -0.3 is 9.52 Å². The molecule has 5 heteroatoms. The van der Waals surface area contributed by atoms with Crippen LogP contribution in [0, 0.1) is 0 Å². The molecule has 0 saturated heterocycles. The van der Waals surface area contributed by atoms with Crippen LogP contribution in [-0.2, 0) is 4.79 Å². The number of aliphatic carboxylic acids is 1. The van der Waals surface area contributed by atoms with Gasteiger partial charge in [-0.05, 0) is 19.1 Å². The zero-order valence-electron chi connectivity index (χ0n) is 16.5. The van der Waals surface area contributed by atoms with E-state index < -0.39 is 25.7 Å². The van der Waals surface area contributed by atoms with Gasteiger partial charge in [0.2, 0.25) is 0 Å². The van der Waals surface area contributed by atoms with Gasteiger partial charge in [-0.1, -0.05) is 0 Å². The molecule has 0 bridgehead atoms. The Hall–Kier alpha value is -0.781. The van der Waals surface area contributed by atoms with E-state index in [2.05, 4.69) is 25.8 Å². The van der Waals surface area contributed by atoms with Crippen molar-refractivity contribution in [2.75, 3.05) is 6.54 Å². The van der Waals surface area contributed by atoms with Crippen LogP contribution in [0.1, 0.15) is 72.0 Å². The Morgan fingerprint density at radius 1 is 1.08 bits per heavy atom.